The molecule has 0 aromatic carbocycles. The van der Waals surface area contributed by atoms with E-state index in [2.05, 4.69) is 36.3 Å². The predicted octanol–water partition coefficient (Wildman–Crippen LogP) is 2.30. The van der Waals surface area contributed by atoms with Gasteiger partial charge in [0.2, 0.25) is 0 Å². The number of ether oxygens (including phenoxy) is 1. The number of hydrogen-bond donors (Lipinski definition) is 1. The first-order chi connectivity index (χ1) is 10.1. The summed E-state index contributed by atoms with van der Waals surface area (Å²) in [5, 5.41) is 12.3. The topological polar surface area (TPSA) is 56.9 Å². The maximum atomic E-state index is 5.51. The van der Waals surface area contributed by atoms with E-state index in [0.717, 1.165) is 30.0 Å². The number of hydrogen-bond acceptors (Lipinski definition) is 4. The summed E-state index contributed by atoms with van der Waals surface area (Å²) in [7, 11) is 3.61. The highest BCUT2D eigenvalue weighted by molar-refractivity contribution is 5.35. The van der Waals surface area contributed by atoms with Gasteiger partial charge in [0.05, 0.1) is 25.5 Å². The van der Waals surface area contributed by atoms with Crippen LogP contribution < -0.4 is 10.1 Å². The highest BCUT2D eigenvalue weighted by atomic mass is 16.5. The van der Waals surface area contributed by atoms with Crippen LogP contribution in [0.2, 0.25) is 0 Å². The summed E-state index contributed by atoms with van der Waals surface area (Å²) in [5.41, 5.74) is 2.17. The van der Waals surface area contributed by atoms with E-state index in [1.54, 1.807) is 13.3 Å². The smallest absolute Gasteiger partial charge is 0.161 e. The van der Waals surface area contributed by atoms with Crippen molar-refractivity contribution in [2.75, 3.05) is 13.7 Å². The first kappa shape index (κ1) is 15.6. The van der Waals surface area contributed by atoms with Gasteiger partial charge in [-0.1, -0.05) is 6.92 Å². The highest BCUT2D eigenvalue weighted by Gasteiger charge is 2.25. The summed E-state index contributed by atoms with van der Waals surface area (Å²) >= 11 is 0. The quantitative estimate of drug-likeness (QED) is 0.850. The Kier molecular flexibility index (Phi) is 5.01. The van der Waals surface area contributed by atoms with E-state index in [0.29, 0.717) is 0 Å². The van der Waals surface area contributed by atoms with E-state index in [4.69, 9.17) is 4.74 Å². The molecule has 2 heterocycles. The van der Waals surface area contributed by atoms with Gasteiger partial charge in [0.15, 0.2) is 5.75 Å². The second-order valence-corrected chi connectivity index (χ2v) is 5.47. The molecule has 1 unspecified atom stereocenters. The van der Waals surface area contributed by atoms with Gasteiger partial charge < -0.3 is 10.1 Å². The molecule has 1 atom stereocenters. The minimum atomic E-state index is 0.0264. The molecular weight excluding hydrogens is 266 g/mol. The van der Waals surface area contributed by atoms with Crippen molar-refractivity contribution in [1.29, 1.82) is 0 Å². The van der Waals surface area contributed by atoms with Crippen LogP contribution in [-0.2, 0) is 7.05 Å². The Bertz CT molecular complexity index is 572. The van der Waals surface area contributed by atoms with Crippen molar-refractivity contribution >= 4 is 0 Å². The molecule has 2 aromatic rings. The number of nitrogens with zero attached hydrogens (tertiary/aromatic N) is 4. The minimum absolute atomic E-state index is 0.0264. The molecule has 2 aromatic heterocycles. The van der Waals surface area contributed by atoms with Crippen molar-refractivity contribution in [3.63, 3.8) is 0 Å². The Labute approximate surface area is 126 Å². The number of rotatable bonds is 7. The molecule has 1 N–H and O–H groups in total. The van der Waals surface area contributed by atoms with E-state index >= 15 is 0 Å². The first-order valence-electron chi connectivity index (χ1n) is 7.41. The Morgan fingerprint density at radius 1 is 1.29 bits per heavy atom. The fourth-order valence-corrected chi connectivity index (χ4v) is 2.45. The van der Waals surface area contributed by atoms with Crippen LogP contribution in [-0.4, -0.2) is 33.2 Å². The summed E-state index contributed by atoms with van der Waals surface area (Å²) in [4.78, 5) is 0. The zero-order chi connectivity index (χ0) is 15.4. The third kappa shape index (κ3) is 3.26. The van der Waals surface area contributed by atoms with E-state index in [1.807, 2.05) is 28.8 Å². The van der Waals surface area contributed by atoms with Crippen LogP contribution in [0.1, 0.15) is 50.5 Å². The average molecular weight is 291 g/mol. The van der Waals surface area contributed by atoms with Gasteiger partial charge in [-0.3, -0.25) is 9.36 Å². The third-order valence-corrected chi connectivity index (χ3v) is 3.44. The summed E-state index contributed by atoms with van der Waals surface area (Å²) < 4.78 is 9.35. The van der Waals surface area contributed by atoms with Gasteiger partial charge in [-0.25, -0.2) is 0 Å². The van der Waals surface area contributed by atoms with Crippen LogP contribution in [0.25, 0.3) is 0 Å². The minimum Gasteiger partial charge on any atom is -0.493 e. The van der Waals surface area contributed by atoms with Gasteiger partial charge in [0.25, 0.3) is 0 Å². The maximum Gasteiger partial charge on any atom is 0.161 e. The second kappa shape index (κ2) is 6.76. The Hall–Kier alpha value is -1.82. The number of methoxy groups -OCH3 is 1. The SMILES string of the molecule is CCCNC(c1cnn(C)c1)c1c(OC)cnn1C(C)C. The lowest BCUT2D eigenvalue weighted by atomic mass is 10.1. The van der Waals surface area contributed by atoms with Crippen LogP contribution in [0.15, 0.2) is 18.6 Å². The van der Waals surface area contributed by atoms with Crippen molar-refractivity contribution in [1.82, 2.24) is 24.9 Å². The Morgan fingerprint density at radius 3 is 2.57 bits per heavy atom. The first-order valence-corrected chi connectivity index (χ1v) is 7.41. The molecule has 21 heavy (non-hydrogen) atoms. The van der Waals surface area contributed by atoms with E-state index in [-0.39, 0.29) is 12.1 Å². The summed E-state index contributed by atoms with van der Waals surface area (Å²) in [6, 6.07) is 0.296. The van der Waals surface area contributed by atoms with Gasteiger partial charge in [-0.2, -0.15) is 10.2 Å². The molecule has 116 valence electrons. The van der Waals surface area contributed by atoms with E-state index in [1.165, 1.54) is 0 Å². The molecule has 0 amide bonds. The van der Waals surface area contributed by atoms with Crippen LogP contribution in [0, 0.1) is 0 Å². The van der Waals surface area contributed by atoms with Crippen molar-refractivity contribution in [2.24, 2.45) is 7.05 Å². The Morgan fingerprint density at radius 2 is 2.05 bits per heavy atom. The molecule has 0 aliphatic rings. The van der Waals surface area contributed by atoms with Crippen molar-refractivity contribution in [2.45, 2.75) is 39.3 Å². The largest absolute Gasteiger partial charge is 0.493 e. The standard InChI is InChI=1S/C15H25N5O/c1-6-7-16-14(12-8-17-19(4)10-12)15-13(21-5)9-18-20(15)11(2)3/h8-11,14,16H,6-7H2,1-5H3. The monoisotopic (exact) mass is 291 g/mol. The average Bonchev–Trinajstić information content (AvgIpc) is 3.06. The van der Waals surface area contributed by atoms with Gasteiger partial charge in [-0.05, 0) is 26.8 Å². The molecule has 0 fully saturated rings. The van der Waals surface area contributed by atoms with Crippen molar-refractivity contribution in [3.8, 4) is 5.75 Å². The number of nitrogens with one attached hydrogen (secondary N) is 1. The lowest BCUT2D eigenvalue weighted by molar-refractivity contribution is 0.393. The summed E-state index contributed by atoms with van der Waals surface area (Å²) in [6.45, 7) is 7.32. The summed E-state index contributed by atoms with van der Waals surface area (Å²) in [5.74, 6) is 0.807. The van der Waals surface area contributed by atoms with Gasteiger partial charge in [0.1, 0.15) is 5.69 Å². The van der Waals surface area contributed by atoms with Gasteiger partial charge >= 0.3 is 0 Å². The molecule has 0 aliphatic heterocycles. The molecule has 0 bridgehead atoms. The lowest BCUT2D eigenvalue weighted by Gasteiger charge is -2.21. The normalized spacial score (nSPS) is 12.9. The molecule has 2 rings (SSSR count). The molecular formula is C15H25N5O. The molecule has 0 aliphatic carbocycles. The van der Waals surface area contributed by atoms with E-state index < -0.39 is 0 Å². The lowest BCUT2D eigenvalue weighted by Crippen LogP contribution is -2.26. The molecule has 0 radical (unpaired) electrons. The van der Waals surface area contributed by atoms with Crippen LogP contribution in [0.3, 0.4) is 0 Å². The van der Waals surface area contributed by atoms with E-state index in [9.17, 15) is 0 Å². The van der Waals surface area contributed by atoms with Gasteiger partial charge in [-0.15, -0.1) is 0 Å². The van der Waals surface area contributed by atoms with Crippen molar-refractivity contribution < 1.29 is 4.74 Å². The summed E-state index contributed by atoms with van der Waals surface area (Å²) in [6.07, 6.45) is 6.77. The van der Waals surface area contributed by atoms with Gasteiger partial charge in [0, 0.05) is 24.8 Å². The fourth-order valence-electron chi connectivity index (χ4n) is 2.45. The molecule has 6 nitrogen and oxygen atoms in total. The molecule has 0 saturated heterocycles. The third-order valence-electron chi connectivity index (χ3n) is 3.44. The van der Waals surface area contributed by atoms with Crippen LogP contribution in [0.5, 0.6) is 5.75 Å². The zero-order valence-corrected chi connectivity index (χ0v) is 13.5. The Balaban J connectivity index is 2.47. The number of aromatic nitrogens is 4. The fraction of sp³-hybridized carbons (Fsp3) is 0.600. The zero-order valence-electron chi connectivity index (χ0n) is 13.5. The number of aryl methyl sites for hydroxylation is 1. The van der Waals surface area contributed by atoms with Crippen LogP contribution in [0.4, 0.5) is 0 Å². The van der Waals surface area contributed by atoms with Crippen molar-refractivity contribution in [3.05, 3.63) is 29.8 Å². The second-order valence-electron chi connectivity index (χ2n) is 5.47. The maximum absolute atomic E-state index is 5.51. The predicted molar refractivity (Wildman–Crippen MR) is 82.5 cm³/mol. The molecule has 0 saturated carbocycles. The molecule has 6 heteroatoms. The molecule has 0 spiro atoms. The highest BCUT2D eigenvalue weighted by Crippen LogP contribution is 2.31. The van der Waals surface area contributed by atoms with Crippen LogP contribution >= 0.6 is 0 Å².